The van der Waals surface area contributed by atoms with E-state index in [0.717, 1.165) is 12.0 Å². The molecular weight excluding hydrogens is 256 g/mol. The van der Waals surface area contributed by atoms with E-state index >= 15 is 0 Å². The van der Waals surface area contributed by atoms with Gasteiger partial charge in [-0.1, -0.05) is 43.7 Å². The minimum absolute atomic E-state index is 0.512. The summed E-state index contributed by atoms with van der Waals surface area (Å²) in [6.45, 7) is 4.11. The van der Waals surface area contributed by atoms with Crippen molar-refractivity contribution in [3.05, 3.63) is 35.9 Å². The Labute approximate surface area is 119 Å². The van der Waals surface area contributed by atoms with Gasteiger partial charge >= 0.3 is 11.9 Å². The normalized spacial score (nSPS) is 13.6. The number of hydrogen-bond donors (Lipinski definition) is 2. The van der Waals surface area contributed by atoms with Crippen LogP contribution < -0.4 is 11.1 Å². The molecule has 1 rings (SSSR count). The van der Waals surface area contributed by atoms with Crippen LogP contribution in [0.5, 0.6) is 0 Å². The van der Waals surface area contributed by atoms with Gasteiger partial charge in [-0.15, -0.1) is 0 Å². The highest BCUT2D eigenvalue weighted by atomic mass is 16.6. The Morgan fingerprint density at radius 2 is 1.90 bits per heavy atom. The molecule has 20 heavy (non-hydrogen) atoms. The number of benzene rings is 1. The van der Waals surface area contributed by atoms with E-state index in [4.69, 9.17) is 10.5 Å². The molecule has 3 N–H and O–H groups in total. The van der Waals surface area contributed by atoms with E-state index in [-0.39, 0.29) is 0 Å². The average Bonchev–Trinajstić information content (AvgIpc) is 2.45. The van der Waals surface area contributed by atoms with Gasteiger partial charge < -0.3 is 15.8 Å². The van der Waals surface area contributed by atoms with Crippen LogP contribution in [0.4, 0.5) is 0 Å². The van der Waals surface area contributed by atoms with Gasteiger partial charge in [0.1, 0.15) is 12.1 Å². The molecular formula is C15H22N2O3. The molecule has 0 aromatic heterocycles. The van der Waals surface area contributed by atoms with Crippen molar-refractivity contribution in [3.8, 4) is 0 Å². The summed E-state index contributed by atoms with van der Waals surface area (Å²) in [5.74, 6) is -1.26. The summed E-state index contributed by atoms with van der Waals surface area (Å²) < 4.78 is 4.75. The lowest BCUT2D eigenvalue weighted by atomic mass is 10.2. The summed E-state index contributed by atoms with van der Waals surface area (Å²) in [4.78, 5) is 23.2. The van der Waals surface area contributed by atoms with E-state index in [1.54, 1.807) is 6.92 Å². The standard InChI is InChI=1S/C15H22N2O3/c1-3-7-13(16)15(19)20-14(18)11(2)17-10-12-8-5-4-6-9-12/h4-6,8-9,11,13,17H,3,7,10,16H2,1-2H3/t11-,13+/m0/s1. The van der Waals surface area contributed by atoms with Gasteiger partial charge in [0.2, 0.25) is 0 Å². The highest BCUT2D eigenvalue weighted by Gasteiger charge is 2.21. The van der Waals surface area contributed by atoms with Gasteiger partial charge in [-0.2, -0.15) is 0 Å². The van der Waals surface area contributed by atoms with Gasteiger partial charge in [0, 0.05) is 6.54 Å². The summed E-state index contributed by atoms with van der Waals surface area (Å²) in [7, 11) is 0. The Balaban J connectivity index is 2.37. The molecule has 0 aliphatic heterocycles. The van der Waals surface area contributed by atoms with Crippen LogP contribution in [-0.4, -0.2) is 24.0 Å². The maximum atomic E-state index is 11.7. The maximum Gasteiger partial charge on any atom is 0.330 e. The lowest BCUT2D eigenvalue weighted by Gasteiger charge is -2.14. The third kappa shape index (κ3) is 5.50. The van der Waals surface area contributed by atoms with Crippen LogP contribution >= 0.6 is 0 Å². The molecule has 0 aliphatic carbocycles. The monoisotopic (exact) mass is 278 g/mol. The Morgan fingerprint density at radius 1 is 1.25 bits per heavy atom. The first-order valence-electron chi connectivity index (χ1n) is 6.83. The molecule has 0 spiro atoms. The van der Waals surface area contributed by atoms with E-state index in [2.05, 4.69) is 5.32 Å². The summed E-state index contributed by atoms with van der Waals surface area (Å²) in [5.41, 5.74) is 6.65. The number of hydrogen-bond acceptors (Lipinski definition) is 5. The largest absolute Gasteiger partial charge is 0.391 e. The molecule has 5 nitrogen and oxygen atoms in total. The van der Waals surface area contributed by atoms with E-state index in [1.807, 2.05) is 37.3 Å². The van der Waals surface area contributed by atoms with Crippen molar-refractivity contribution in [1.29, 1.82) is 0 Å². The number of carbonyl (C=O) groups is 2. The van der Waals surface area contributed by atoms with Crippen LogP contribution in [0.1, 0.15) is 32.3 Å². The molecule has 1 aromatic carbocycles. The predicted octanol–water partition coefficient (Wildman–Crippen LogP) is 1.36. The Bertz CT molecular complexity index is 434. The van der Waals surface area contributed by atoms with Crippen LogP contribution in [-0.2, 0) is 20.9 Å². The third-order valence-corrected chi connectivity index (χ3v) is 2.91. The lowest BCUT2D eigenvalue weighted by Crippen LogP contribution is -2.40. The van der Waals surface area contributed by atoms with Gasteiger partial charge in [0.25, 0.3) is 0 Å². The van der Waals surface area contributed by atoms with Crippen molar-refractivity contribution in [2.45, 2.75) is 45.3 Å². The van der Waals surface area contributed by atoms with E-state index in [9.17, 15) is 9.59 Å². The molecule has 0 saturated carbocycles. The molecule has 0 unspecified atom stereocenters. The molecule has 110 valence electrons. The Kier molecular flexibility index (Phi) is 6.90. The Hall–Kier alpha value is -1.72. The van der Waals surface area contributed by atoms with Crippen molar-refractivity contribution in [2.75, 3.05) is 0 Å². The van der Waals surface area contributed by atoms with Crippen molar-refractivity contribution in [2.24, 2.45) is 5.73 Å². The SMILES string of the molecule is CCC[C@@H](N)C(=O)OC(=O)[C@H](C)NCc1ccccc1. The minimum Gasteiger partial charge on any atom is -0.391 e. The van der Waals surface area contributed by atoms with Crippen LogP contribution in [0.25, 0.3) is 0 Å². The number of rotatable bonds is 7. The van der Waals surface area contributed by atoms with Crippen LogP contribution in [0.3, 0.4) is 0 Å². The lowest BCUT2D eigenvalue weighted by molar-refractivity contribution is -0.162. The van der Waals surface area contributed by atoms with Gasteiger partial charge in [-0.25, -0.2) is 9.59 Å². The summed E-state index contributed by atoms with van der Waals surface area (Å²) in [5, 5.41) is 3.01. The molecule has 1 aromatic rings. The second kappa shape index (κ2) is 8.45. The van der Waals surface area contributed by atoms with Crippen LogP contribution in [0.2, 0.25) is 0 Å². The smallest absolute Gasteiger partial charge is 0.330 e. The summed E-state index contributed by atoms with van der Waals surface area (Å²) >= 11 is 0. The first kappa shape index (κ1) is 16.3. The molecule has 2 atom stereocenters. The minimum atomic E-state index is -0.731. The fourth-order valence-corrected chi connectivity index (χ4v) is 1.64. The van der Waals surface area contributed by atoms with Crippen molar-refractivity contribution in [1.82, 2.24) is 5.32 Å². The quantitative estimate of drug-likeness (QED) is 0.581. The number of nitrogens with one attached hydrogen (secondary N) is 1. The average molecular weight is 278 g/mol. The van der Waals surface area contributed by atoms with Crippen LogP contribution in [0, 0.1) is 0 Å². The predicted molar refractivity (Wildman–Crippen MR) is 76.7 cm³/mol. The number of ether oxygens (including phenoxy) is 1. The highest BCUT2D eigenvalue weighted by Crippen LogP contribution is 2.01. The number of esters is 2. The zero-order valence-corrected chi connectivity index (χ0v) is 12.0. The fraction of sp³-hybridized carbons (Fsp3) is 0.467. The topological polar surface area (TPSA) is 81.4 Å². The highest BCUT2D eigenvalue weighted by molar-refractivity contribution is 5.90. The second-order valence-corrected chi connectivity index (χ2v) is 4.72. The number of carbonyl (C=O) groups excluding carboxylic acids is 2. The first-order chi connectivity index (χ1) is 9.54. The molecule has 0 aliphatic rings. The molecule has 5 heteroatoms. The summed E-state index contributed by atoms with van der Waals surface area (Å²) in [6.07, 6.45) is 1.28. The van der Waals surface area contributed by atoms with Crippen molar-refractivity contribution in [3.63, 3.8) is 0 Å². The second-order valence-electron chi connectivity index (χ2n) is 4.72. The third-order valence-electron chi connectivity index (χ3n) is 2.91. The zero-order chi connectivity index (χ0) is 15.0. The van der Waals surface area contributed by atoms with Crippen molar-refractivity contribution >= 4 is 11.9 Å². The van der Waals surface area contributed by atoms with Crippen molar-refractivity contribution < 1.29 is 14.3 Å². The van der Waals surface area contributed by atoms with Gasteiger partial charge in [0.05, 0.1) is 0 Å². The maximum absolute atomic E-state index is 11.7. The molecule has 0 amide bonds. The summed E-state index contributed by atoms with van der Waals surface area (Å²) in [6, 6.07) is 8.38. The van der Waals surface area contributed by atoms with E-state index in [0.29, 0.717) is 13.0 Å². The molecule has 0 fully saturated rings. The van der Waals surface area contributed by atoms with Gasteiger partial charge in [0.15, 0.2) is 0 Å². The Morgan fingerprint density at radius 3 is 2.50 bits per heavy atom. The molecule has 0 saturated heterocycles. The fourth-order valence-electron chi connectivity index (χ4n) is 1.64. The van der Waals surface area contributed by atoms with Crippen LogP contribution in [0.15, 0.2) is 30.3 Å². The zero-order valence-electron chi connectivity index (χ0n) is 12.0. The number of nitrogens with two attached hydrogens (primary N) is 1. The first-order valence-corrected chi connectivity index (χ1v) is 6.83. The molecule has 0 heterocycles. The van der Waals surface area contributed by atoms with Gasteiger partial charge in [-0.05, 0) is 18.9 Å². The molecule has 0 radical (unpaired) electrons. The molecule has 0 bridgehead atoms. The van der Waals surface area contributed by atoms with E-state index in [1.165, 1.54) is 0 Å². The van der Waals surface area contributed by atoms with Gasteiger partial charge in [-0.3, -0.25) is 0 Å². The van der Waals surface area contributed by atoms with E-state index < -0.39 is 24.0 Å².